The third kappa shape index (κ3) is 3.21. The minimum absolute atomic E-state index is 0.711. The molecule has 2 aliphatic rings. The molecule has 0 aliphatic carbocycles. The van der Waals surface area contributed by atoms with Crippen LogP contribution in [0.2, 0.25) is 0 Å². The zero-order chi connectivity index (χ0) is 18.8. The fourth-order valence-corrected chi connectivity index (χ4v) is 4.00. The van der Waals surface area contributed by atoms with Gasteiger partial charge in [-0.25, -0.2) is 14.6 Å². The number of fused-ring (bicyclic) bond motifs is 1. The van der Waals surface area contributed by atoms with Crippen molar-refractivity contribution in [1.82, 2.24) is 24.1 Å². The standard InChI is InChI=1S/C17H17N7S.C2H6/c1-12-13-10-24(21-14(13)11-23(12)17-4-5-20-25-17)16-9-18-15(8-19-16)22-6-2-3-7-22;1-2/h4-5,8-10H,1-3,6-7,11H2;1-2H3. The van der Waals surface area contributed by atoms with E-state index in [-0.39, 0.29) is 0 Å². The predicted octanol–water partition coefficient (Wildman–Crippen LogP) is 3.74. The van der Waals surface area contributed by atoms with E-state index >= 15 is 0 Å². The molecule has 5 rings (SSSR count). The van der Waals surface area contributed by atoms with Gasteiger partial charge in [0, 0.05) is 36.7 Å². The van der Waals surface area contributed by atoms with E-state index in [2.05, 4.69) is 35.8 Å². The summed E-state index contributed by atoms with van der Waals surface area (Å²) in [6.07, 6.45) is 9.88. The van der Waals surface area contributed by atoms with Gasteiger partial charge < -0.3 is 9.80 Å². The summed E-state index contributed by atoms with van der Waals surface area (Å²) in [4.78, 5) is 13.5. The number of rotatable bonds is 3. The van der Waals surface area contributed by atoms with Crippen LogP contribution in [-0.2, 0) is 6.54 Å². The van der Waals surface area contributed by atoms with Crippen LogP contribution in [-0.4, -0.2) is 37.2 Å². The third-order valence-corrected chi connectivity index (χ3v) is 5.49. The number of hydrogen-bond donors (Lipinski definition) is 0. The summed E-state index contributed by atoms with van der Waals surface area (Å²) in [7, 11) is 0. The third-order valence-electron chi connectivity index (χ3n) is 4.71. The first kappa shape index (κ1) is 17.7. The monoisotopic (exact) mass is 381 g/mol. The van der Waals surface area contributed by atoms with Crippen molar-refractivity contribution in [2.45, 2.75) is 33.2 Å². The van der Waals surface area contributed by atoms with E-state index in [9.17, 15) is 0 Å². The molecule has 0 unspecified atom stereocenters. The summed E-state index contributed by atoms with van der Waals surface area (Å²) in [5, 5.41) is 5.77. The van der Waals surface area contributed by atoms with E-state index in [4.69, 9.17) is 0 Å². The minimum atomic E-state index is 0.711. The van der Waals surface area contributed by atoms with Gasteiger partial charge in [0.1, 0.15) is 10.8 Å². The van der Waals surface area contributed by atoms with E-state index < -0.39 is 0 Å². The number of aromatic nitrogens is 5. The molecule has 0 aromatic carbocycles. The Morgan fingerprint density at radius 1 is 1.07 bits per heavy atom. The summed E-state index contributed by atoms with van der Waals surface area (Å²) in [6.45, 7) is 11.1. The Kier molecular flexibility index (Phi) is 4.89. The van der Waals surface area contributed by atoms with Crippen molar-refractivity contribution in [3.05, 3.63) is 48.7 Å². The van der Waals surface area contributed by atoms with E-state index in [1.54, 1.807) is 17.1 Å². The fraction of sp³-hybridized carbons (Fsp3) is 0.368. The van der Waals surface area contributed by atoms with E-state index in [1.807, 2.05) is 32.3 Å². The van der Waals surface area contributed by atoms with Crippen LogP contribution in [0.4, 0.5) is 10.8 Å². The van der Waals surface area contributed by atoms with Crippen molar-refractivity contribution >= 4 is 28.0 Å². The summed E-state index contributed by atoms with van der Waals surface area (Å²) in [5.74, 6) is 1.68. The van der Waals surface area contributed by atoms with Crippen molar-refractivity contribution in [2.24, 2.45) is 0 Å². The van der Waals surface area contributed by atoms with Crippen molar-refractivity contribution in [2.75, 3.05) is 22.9 Å². The maximum atomic E-state index is 4.68. The number of anilines is 2. The molecule has 2 aliphatic heterocycles. The maximum Gasteiger partial charge on any atom is 0.171 e. The Morgan fingerprint density at radius 3 is 2.44 bits per heavy atom. The first-order chi connectivity index (χ1) is 13.3. The molecule has 1 fully saturated rings. The van der Waals surface area contributed by atoms with Crippen molar-refractivity contribution in [3.8, 4) is 5.82 Å². The summed E-state index contributed by atoms with van der Waals surface area (Å²) >= 11 is 1.47. The lowest BCUT2D eigenvalue weighted by atomic mass is 10.2. The molecule has 0 amide bonds. The van der Waals surface area contributed by atoms with Gasteiger partial charge in [0.15, 0.2) is 5.82 Å². The van der Waals surface area contributed by atoms with Gasteiger partial charge >= 0.3 is 0 Å². The van der Waals surface area contributed by atoms with Crippen LogP contribution in [0.5, 0.6) is 0 Å². The second-order valence-electron chi connectivity index (χ2n) is 6.24. The molecule has 7 nitrogen and oxygen atoms in total. The lowest BCUT2D eigenvalue weighted by Crippen LogP contribution is -2.19. The lowest BCUT2D eigenvalue weighted by Gasteiger charge is -2.17. The molecule has 5 heterocycles. The van der Waals surface area contributed by atoms with Gasteiger partial charge in [-0.2, -0.15) is 9.47 Å². The first-order valence-electron chi connectivity index (χ1n) is 9.33. The molecule has 27 heavy (non-hydrogen) atoms. The Labute approximate surface area is 163 Å². The molecule has 0 saturated carbocycles. The van der Waals surface area contributed by atoms with Crippen molar-refractivity contribution in [1.29, 1.82) is 0 Å². The Hall–Kier alpha value is -2.74. The summed E-state index contributed by atoms with van der Waals surface area (Å²) in [5.41, 5.74) is 3.01. The summed E-state index contributed by atoms with van der Waals surface area (Å²) in [6, 6.07) is 2.00. The SMILES string of the molecule is C=C1c2cn(-c3cnc(N4CCCC4)cn3)nc2CN1c1ccns1.CC. The molecule has 8 heteroatoms. The molecule has 0 atom stereocenters. The molecule has 0 radical (unpaired) electrons. The first-order valence-corrected chi connectivity index (χ1v) is 10.1. The van der Waals surface area contributed by atoms with E-state index in [1.165, 1.54) is 24.4 Å². The van der Waals surface area contributed by atoms with Gasteiger partial charge in [-0.05, 0) is 30.4 Å². The smallest absolute Gasteiger partial charge is 0.171 e. The second-order valence-corrected chi connectivity index (χ2v) is 7.06. The average Bonchev–Trinajstić information content (AvgIpc) is 3.50. The van der Waals surface area contributed by atoms with Crippen LogP contribution >= 0.6 is 11.5 Å². The van der Waals surface area contributed by atoms with Crippen LogP contribution in [0.25, 0.3) is 11.5 Å². The molecule has 3 aromatic rings. The highest BCUT2D eigenvalue weighted by Gasteiger charge is 2.28. The molecule has 3 aromatic heterocycles. The average molecular weight is 382 g/mol. The Morgan fingerprint density at radius 2 is 1.81 bits per heavy atom. The van der Waals surface area contributed by atoms with Gasteiger partial charge in [0.2, 0.25) is 0 Å². The van der Waals surface area contributed by atoms with Crippen LogP contribution < -0.4 is 9.80 Å². The largest absolute Gasteiger partial charge is 0.355 e. The highest BCUT2D eigenvalue weighted by atomic mass is 32.1. The van der Waals surface area contributed by atoms with Gasteiger partial charge in [-0.15, -0.1) is 0 Å². The van der Waals surface area contributed by atoms with E-state index in [0.29, 0.717) is 6.54 Å². The van der Waals surface area contributed by atoms with Crippen LogP contribution in [0.1, 0.15) is 37.9 Å². The molecule has 0 N–H and O–H groups in total. The van der Waals surface area contributed by atoms with Crippen molar-refractivity contribution < 1.29 is 0 Å². The lowest BCUT2D eigenvalue weighted by molar-refractivity contribution is 0.797. The topological polar surface area (TPSA) is 63.0 Å². The summed E-state index contributed by atoms with van der Waals surface area (Å²) < 4.78 is 5.96. The van der Waals surface area contributed by atoms with Gasteiger partial charge in [0.05, 0.1) is 24.6 Å². The Bertz CT molecular complexity index is 908. The molecule has 0 spiro atoms. The van der Waals surface area contributed by atoms with Crippen molar-refractivity contribution in [3.63, 3.8) is 0 Å². The van der Waals surface area contributed by atoms with E-state index in [0.717, 1.165) is 46.7 Å². The molecular formula is C19H23N7S. The number of nitrogens with zero attached hydrogens (tertiary/aromatic N) is 7. The molecule has 0 bridgehead atoms. The normalized spacial score (nSPS) is 15.7. The predicted molar refractivity (Wildman–Crippen MR) is 109 cm³/mol. The van der Waals surface area contributed by atoms with Gasteiger partial charge in [-0.3, -0.25) is 0 Å². The number of hydrogen-bond acceptors (Lipinski definition) is 7. The van der Waals surface area contributed by atoms with Crippen LogP contribution in [0.3, 0.4) is 0 Å². The fourth-order valence-electron chi connectivity index (χ4n) is 3.38. The minimum Gasteiger partial charge on any atom is -0.355 e. The quantitative estimate of drug-likeness (QED) is 0.689. The molecule has 140 valence electrons. The maximum absolute atomic E-state index is 4.68. The van der Waals surface area contributed by atoms with Gasteiger partial charge in [0.25, 0.3) is 0 Å². The Balaban J connectivity index is 0.000000872. The zero-order valence-electron chi connectivity index (χ0n) is 15.7. The van der Waals surface area contributed by atoms with Gasteiger partial charge in [-0.1, -0.05) is 20.4 Å². The van der Waals surface area contributed by atoms with Crippen LogP contribution in [0.15, 0.2) is 37.4 Å². The molecule has 1 saturated heterocycles. The molecular weight excluding hydrogens is 358 g/mol. The second kappa shape index (κ2) is 7.48. The zero-order valence-corrected chi connectivity index (χ0v) is 16.5. The van der Waals surface area contributed by atoms with Crippen LogP contribution in [0, 0.1) is 0 Å². The highest BCUT2D eigenvalue weighted by molar-refractivity contribution is 7.10. The highest BCUT2D eigenvalue weighted by Crippen LogP contribution is 2.36.